The minimum atomic E-state index is 0.0304. The van der Waals surface area contributed by atoms with E-state index in [0.717, 1.165) is 5.69 Å². The van der Waals surface area contributed by atoms with Crippen LogP contribution in [0.15, 0.2) is 10.9 Å². The average Bonchev–Trinajstić information content (AvgIpc) is 2.37. The van der Waals surface area contributed by atoms with Crippen LogP contribution in [0.3, 0.4) is 0 Å². The Bertz CT molecular complexity index is 248. The SMILES string of the molecule is CC(I)NC(=O)Cc1cscn1. The molecule has 1 amide bonds. The first kappa shape index (κ1) is 9.91. The zero-order chi connectivity index (χ0) is 8.97. The fourth-order valence-corrected chi connectivity index (χ4v) is 1.67. The summed E-state index contributed by atoms with van der Waals surface area (Å²) in [5.41, 5.74) is 2.57. The highest BCUT2D eigenvalue weighted by Crippen LogP contribution is 2.02. The van der Waals surface area contributed by atoms with E-state index in [0.29, 0.717) is 6.42 Å². The molecule has 0 aromatic carbocycles. The first-order valence-electron chi connectivity index (χ1n) is 3.49. The van der Waals surface area contributed by atoms with Gasteiger partial charge in [0.2, 0.25) is 5.91 Å². The number of amides is 1. The van der Waals surface area contributed by atoms with Crippen molar-refractivity contribution in [2.75, 3.05) is 0 Å². The van der Waals surface area contributed by atoms with Crippen LogP contribution in [0.4, 0.5) is 0 Å². The Kier molecular flexibility index (Phi) is 3.93. The van der Waals surface area contributed by atoms with Crippen molar-refractivity contribution in [3.05, 3.63) is 16.6 Å². The number of aromatic nitrogens is 1. The Morgan fingerprint density at radius 3 is 3.17 bits per heavy atom. The largest absolute Gasteiger partial charge is 0.344 e. The maximum atomic E-state index is 11.2. The lowest BCUT2D eigenvalue weighted by Gasteiger charge is -2.04. The highest BCUT2D eigenvalue weighted by molar-refractivity contribution is 14.1. The summed E-state index contributed by atoms with van der Waals surface area (Å²) in [5, 5.41) is 4.68. The third-order valence-corrected chi connectivity index (χ3v) is 2.13. The van der Waals surface area contributed by atoms with E-state index in [1.165, 1.54) is 11.3 Å². The van der Waals surface area contributed by atoms with Crippen LogP contribution in [0, 0.1) is 0 Å². The third kappa shape index (κ3) is 3.48. The molecular weight excluding hydrogens is 287 g/mol. The van der Waals surface area contributed by atoms with Crippen LogP contribution < -0.4 is 5.32 Å². The van der Waals surface area contributed by atoms with E-state index in [2.05, 4.69) is 32.9 Å². The van der Waals surface area contributed by atoms with E-state index < -0.39 is 0 Å². The zero-order valence-corrected chi connectivity index (χ0v) is 9.55. The average molecular weight is 296 g/mol. The molecule has 0 spiro atoms. The number of nitrogens with one attached hydrogen (secondary N) is 1. The maximum Gasteiger partial charge on any atom is 0.226 e. The van der Waals surface area contributed by atoms with Gasteiger partial charge in [0.15, 0.2) is 0 Å². The first-order chi connectivity index (χ1) is 5.68. The van der Waals surface area contributed by atoms with Gasteiger partial charge in [-0.2, -0.15) is 0 Å². The predicted octanol–water partition coefficient (Wildman–Crippen LogP) is 1.58. The van der Waals surface area contributed by atoms with Crippen LogP contribution in [-0.2, 0) is 11.2 Å². The van der Waals surface area contributed by atoms with E-state index in [9.17, 15) is 4.79 Å². The highest BCUT2D eigenvalue weighted by Gasteiger charge is 2.05. The van der Waals surface area contributed by atoms with E-state index in [-0.39, 0.29) is 9.96 Å². The number of halogens is 1. The fraction of sp³-hybridized carbons (Fsp3) is 0.429. The van der Waals surface area contributed by atoms with Crippen molar-refractivity contribution in [2.45, 2.75) is 17.4 Å². The number of alkyl halides is 1. The van der Waals surface area contributed by atoms with Crippen LogP contribution >= 0.6 is 33.9 Å². The van der Waals surface area contributed by atoms with Gasteiger partial charge in [-0.25, -0.2) is 4.98 Å². The van der Waals surface area contributed by atoms with Gasteiger partial charge in [0.05, 0.1) is 21.7 Å². The summed E-state index contributed by atoms with van der Waals surface area (Å²) in [6.07, 6.45) is 0.386. The van der Waals surface area contributed by atoms with Gasteiger partial charge >= 0.3 is 0 Å². The van der Waals surface area contributed by atoms with Crippen molar-refractivity contribution in [2.24, 2.45) is 0 Å². The second kappa shape index (κ2) is 4.76. The molecule has 0 aliphatic rings. The monoisotopic (exact) mass is 296 g/mol. The summed E-state index contributed by atoms with van der Waals surface area (Å²) in [7, 11) is 0. The quantitative estimate of drug-likeness (QED) is 0.523. The number of carbonyl (C=O) groups excluding carboxylic acids is 1. The summed E-state index contributed by atoms with van der Waals surface area (Å²) in [6.45, 7) is 1.93. The van der Waals surface area contributed by atoms with Crippen molar-refractivity contribution in [3.63, 3.8) is 0 Å². The van der Waals surface area contributed by atoms with Crippen LogP contribution in [0.5, 0.6) is 0 Å². The van der Waals surface area contributed by atoms with Crippen LogP contribution in [0.2, 0.25) is 0 Å². The molecule has 3 nitrogen and oxygen atoms in total. The van der Waals surface area contributed by atoms with Crippen molar-refractivity contribution in [1.82, 2.24) is 10.3 Å². The molecule has 66 valence electrons. The van der Waals surface area contributed by atoms with Gasteiger partial charge in [-0.3, -0.25) is 4.79 Å². The van der Waals surface area contributed by atoms with Gasteiger partial charge in [0.1, 0.15) is 0 Å². The van der Waals surface area contributed by atoms with E-state index in [1.807, 2.05) is 12.3 Å². The number of hydrogen-bond donors (Lipinski definition) is 1. The molecule has 0 saturated carbocycles. The number of rotatable bonds is 3. The van der Waals surface area contributed by atoms with Gasteiger partial charge in [0.25, 0.3) is 0 Å². The van der Waals surface area contributed by atoms with Gasteiger partial charge in [0, 0.05) is 5.38 Å². The predicted molar refractivity (Wildman–Crippen MR) is 57.4 cm³/mol. The molecule has 0 fully saturated rings. The molecule has 1 aromatic heterocycles. The van der Waals surface area contributed by atoms with Gasteiger partial charge in [-0.1, -0.05) is 22.6 Å². The molecule has 0 bridgehead atoms. The Morgan fingerprint density at radius 1 is 1.92 bits per heavy atom. The van der Waals surface area contributed by atoms with Crippen LogP contribution in [0.1, 0.15) is 12.6 Å². The van der Waals surface area contributed by atoms with Gasteiger partial charge < -0.3 is 5.32 Å². The van der Waals surface area contributed by atoms with Gasteiger partial charge in [-0.15, -0.1) is 11.3 Å². The Morgan fingerprint density at radius 2 is 2.67 bits per heavy atom. The standard InChI is InChI=1S/C7H9IN2OS/c1-5(8)10-7(11)2-6-3-12-4-9-6/h3-5H,2H2,1H3,(H,10,11). The zero-order valence-electron chi connectivity index (χ0n) is 6.58. The molecule has 0 aliphatic heterocycles. The molecule has 12 heavy (non-hydrogen) atoms. The van der Waals surface area contributed by atoms with E-state index >= 15 is 0 Å². The normalized spacial score (nSPS) is 12.5. The lowest BCUT2D eigenvalue weighted by Crippen LogP contribution is -2.29. The Labute approximate surface area is 88.7 Å². The molecule has 1 rings (SSSR count). The number of nitrogens with zero attached hydrogens (tertiary/aromatic N) is 1. The second-order valence-electron chi connectivity index (χ2n) is 2.34. The third-order valence-electron chi connectivity index (χ3n) is 1.19. The first-order valence-corrected chi connectivity index (χ1v) is 5.68. The molecule has 1 atom stereocenters. The second-order valence-corrected chi connectivity index (χ2v) is 4.93. The minimum Gasteiger partial charge on any atom is -0.344 e. The molecule has 1 N–H and O–H groups in total. The smallest absolute Gasteiger partial charge is 0.226 e. The molecule has 5 heteroatoms. The molecule has 0 saturated heterocycles. The van der Waals surface area contributed by atoms with E-state index in [4.69, 9.17) is 0 Å². The summed E-state index contributed by atoms with van der Waals surface area (Å²) in [5.74, 6) is 0.0304. The van der Waals surface area contributed by atoms with Crippen molar-refractivity contribution >= 4 is 39.8 Å². The Balaban J connectivity index is 2.37. The summed E-state index contributed by atoms with van der Waals surface area (Å²) in [4.78, 5) is 15.2. The van der Waals surface area contributed by atoms with Crippen LogP contribution in [0.25, 0.3) is 0 Å². The molecule has 0 aliphatic carbocycles. The van der Waals surface area contributed by atoms with E-state index in [1.54, 1.807) is 5.51 Å². The van der Waals surface area contributed by atoms with Crippen molar-refractivity contribution < 1.29 is 4.79 Å². The number of carbonyl (C=O) groups is 1. The lowest BCUT2D eigenvalue weighted by molar-refractivity contribution is -0.120. The maximum absolute atomic E-state index is 11.2. The number of hydrogen-bond acceptors (Lipinski definition) is 3. The summed E-state index contributed by atoms with van der Waals surface area (Å²) in [6, 6.07) is 0. The highest BCUT2D eigenvalue weighted by atomic mass is 127. The molecule has 1 aromatic rings. The molecular formula is C7H9IN2OS. The van der Waals surface area contributed by atoms with Crippen molar-refractivity contribution in [1.29, 1.82) is 0 Å². The Hall–Kier alpha value is -0.170. The van der Waals surface area contributed by atoms with Crippen molar-refractivity contribution in [3.8, 4) is 0 Å². The van der Waals surface area contributed by atoms with Crippen LogP contribution in [-0.4, -0.2) is 14.9 Å². The number of thiazole rings is 1. The fourth-order valence-electron chi connectivity index (χ4n) is 0.762. The lowest BCUT2D eigenvalue weighted by atomic mass is 10.3. The molecule has 0 radical (unpaired) electrons. The summed E-state index contributed by atoms with van der Waals surface area (Å²) < 4.78 is 0.175. The topological polar surface area (TPSA) is 42.0 Å². The summed E-state index contributed by atoms with van der Waals surface area (Å²) >= 11 is 3.66. The van der Waals surface area contributed by atoms with Gasteiger partial charge in [-0.05, 0) is 6.92 Å². The molecule has 1 heterocycles. The minimum absolute atomic E-state index is 0.0304. The molecule has 1 unspecified atom stereocenters.